The first kappa shape index (κ1) is 19.0. The minimum Gasteiger partial charge on any atom is -0.450 e. The molecule has 2 heterocycles. The molecule has 0 bridgehead atoms. The normalized spacial score (nSPS) is 14.4. The second-order valence-corrected chi connectivity index (χ2v) is 6.03. The summed E-state index contributed by atoms with van der Waals surface area (Å²) >= 11 is 0. The number of aromatic nitrogens is 2. The van der Waals surface area contributed by atoms with Gasteiger partial charge in [0.2, 0.25) is 0 Å². The fourth-order valence-electron chi connectivity index (χ4n) is 2.62. The molecule has 1 fully saturated rings. The van der Waals surface area contributed by atoms with E-state index in [4.69, 9.17) is 4.74 Å². The van der Waals surface area contributed by atoms with Gasteiger partial charge < -0.3 is 19.4 Å². The SMILES string of the molecule is CCCCN(C)c1ccc(C(=O)N2CCN(C(=O)OCC)CC2)nn1. The highest BCUT2D eigenvalue weighted by Gasteiger charge is 2.26. The van der Waals surface area contributed by atoms with Gasteiger partial charge in [0.15, 0.2) is 11.5 Å². The third-order valence-corrected chi connectivity index (χ3v) is 4.20. The van der Waals surface area contributed by atoms with Crippen molar-refractivity contribution in [2.24, 2.45) is 0 Å². The largest absolute Gasteiger partial charge is 0.450 e. The number of piperazine rings is 1. The lowest BCUT2D eigenvalue weighted by molar-refractivity contribution is 0.0565. The molecule has 8 nitrogen and oxygen atoms in total. The van der Waals surface area contributed by atoms with E-state index >= 15 is 0 Å². The van der Waals surface area contributed by atoms with Crippen LogP contribution in [0.15, 0.2) is 12.1 Å². The molecule has 0 radical (unpaired) electrons. The average molecular weight is 349 g/mol. The third-order valence-electron chi connectivity index (χ3n) is 4.20. The van der Waals surface area contributed by atoms with Crippen LogP contribution in [-0.4, -0.2) is 78.4 Å². The lowest BCUT2D eigenvalue weighted by atomic mass is 10.2. The Morgan fingerprint density at radius 2 is 1.80 bits per heavy atom. The molecular weight excluding hydrogens is 322 g/mol. The van der Waals surface area contributed by atoms with Crippen molar-refractivity contribution in [2.45, 2.75) is 26.7 Å². The molecule has 0 saturated carbocycles. The Bertz CT molecular complexity index is 570. The highest BCUT2D eigenvalue weighted by Crippen LogP contribution is 2.12. The number of carbonyl (C=O) groups excluding carboxylic acids is 2. The van der Waals surface area contributed by atoms with Gasteiger partial charge in [0.1, 0.15) is 0 Å². The maximum absolute atomic E-state index is 12.5. The van der Waals surface area contributed by atoms with Crippen molar-refractivity contribution in [1.82, 2.24) is 20.0 Å². The molecule has 0 aliphatic carbocycles. The van der Waals surface area contributed by atoms with Gasteiger partial charge >= 0.3 is 6.09 Å². The number of ether oxygens (including phenoxy) is 1. The first-order chi connectivity index (χ1) is 12.1. The van der Waals surface area contributed by atoms with E-state index < -0.39 is 0 Å². The Balaban J connectivity index is 1.90. The van der Waals surface area contributed by atoms with Crippen molar-refractivity contribution in [3.63, 3.8) is 0 Å². The molecule has 1 aromatic heterocycles. The predicted octanol–water partition coefficient (Wildman–Crippen LogP) is 1.63. The lowest BCUT2D eigenvalue weighted by Gasteiger charge is -2.33. The standard InChI is InChI=1S/C17H27N5O3/c1-4-6-9-20(3)15-8-7-14(18-19-15)16(23)21-10-12-22(13-11-21)17(24)25-5-2/h7-8H,4-6,9-13H2,1-3H3. The zero-order chi connectivity index (χ0) is 18.2. The van der Waals surface area contributed by atoms with E-state index in [9.17, 15) is 9.59 Å². The highest BCUT2D eigenvalue weighted by molar-refractivity contribution is 5.92. The summed E-state index contributed by atoms with van der Waals surface area (Å²) in [6.45, 7) is 7.06. The number of amides is 2. The third kappa shape index (κ3) is 5.04. The van der Waals surface area contributed by atoms with Gasteiger partial charge in [-0.25, -0.2) is 4.79 Å². The Hall–Kier alpha value is -2.38. The van der Waals surface area contributed by atoms with Gasteiger partial charge in [-0.2, -0.15) is 0 Å². The van der Waals surface area contributed by atoms with Crippen LogP contribution in [0.5, 0.6) is 0 Å². The number of nitrogens with zero attached hydrogens (tertiary/aromatic N) is 5. The van der Waals surface area contributed by atoms with Crippen LogP contribution in [0, 0.1) is 0 Å². The van der Waals surface area contributed by atoms with Gasteiger partial charge in [0.25, 0.3) is 5.91 Å². The van der Waals surface area contributed by atoms with Crippen molar-refractivity contribution >= 4 is 17.8 Å². The predicted molar refractivity (Wildman–Crippen MR) is 94.7 cm³/mol. The van der Waals surface area contributed by atoms with Crippen LogP contribution in [0.4, 0.5) is 10.6 Å². The van der Waals surface area contributed by atoms with E-state index in [0.717, 1.165) is 25.2 Å². The van der Waals surface area contributed by atoms with Crippen LogP contribution in [-0.2, 0) is 4.74 Å². The van der Waals surface area contributed by atoms with E-state index in [2.05, 4.69) is 17.1 Å². The van der Waals surface area contributed by atoms with Gasteiger partial charge in [-0.1, -0.05) is 13.3 Å². The highest BCUT2D eigenvalue weighted by atomic mass is 16.6. The van der Waals surface area contributed by atoms with E-state index in [0.29, 0.717) is 38.5 Å². The second kappa shape index (κ2) is 9.19. The van der Waals surface area contributed by atoms with E-state index in [-0.39, 0.29) is 12.0 Å². The van der Waals surface area contributed by atoms with Crippen LogP contribution in [0.2, 0.25) is 0 Å². The van der Waals surface area contributed by atoms with Gasteiger partial charge in [0, 0.05) is 39.8 Å². The topological polar surface area (TPSA) is 78.9 Å². The molecule has 8 heteroatoms. The molecule has 1 aliphatic heterocycles. The van der Waals surface area contributed by atoms with Crippen LogP contribution in [0.25, 0.3) is 0 Å². The molecule has 0 N–H and O–H groups in total. The minimum absolute atomic E-state index is 0.154. The Labute approximate surface area is 148 Å². The summed E-state index contributed by atoms with van der Waals surface area (Å²) in [5.41, 5.74) is 0.331. The number of hydrogen-bond acceptors (Lipinski definition) is 6. The average Bonchev–Trinajstić information content (AvgIpc) is 2.66. The number of unbranched alkanes of at least 4 members (excludes halogenated alkanes) is 1. The number of rotatable bonds is 6. The molecule has 0 aromatic carbocycles. The zero-order valence-corrected chi connectivity index (χ0v) is 15.3. The van der Waals surface area contributed by atoms with Crippen LogP contribution < -0.4 is 4.90 Å². The maximum atomic E-state index is 12.5. The van der Waals surface area contributed by atoms with Gasteiger partial charge in [-0.05, 0) is 25.5 Å². The van der Waals surface area contributed by atoms with Crippen molar-refractivity contribution in [2.75, 3.05) is 51.3 Å². The molecular formula is C17H27N5O3. The molecule has 25 heavy (non-hydrogen) atoms. The molecule has 1 aliphatic rings. The van der Waals surface area contributed by atoms with Crippen LogP contribution in [0.3, 0.4) is 0 Å². The summed E-state index contributed by atoms with van der Waals surface area (Å²) in [4.78, 5) is 29.6. The van der Waals surface area contributed by atoms with Crippen LogP contribution in [0.1, 0.15) is 37.2 Å². The van der Waals surface area contributed by atoms with Crippen LogP contribution >= 0.6 is 0 Å². The van der Waals surface area contributed by atoms with Crippen molar-refractivity contribution in [1.29, 1.82) is 0 Å². The van der Waals surface area contributed by atoms with Gasteiger partial charge in [-0.3, -0.25) is 4.79 Å². The summed E-state index contributed by atoms with van der Waals surface area (Å²) in [6, 6.07) is 3.54. The molecule has 0 unspecified atom stereocenters. The zero-order valence-electron chi connectivity index (χ0n) is 15.3. The second-order valence-electron chi connectivity index (χ2n) is 6.03. The molecule has 1 aromatic rings. The first-order valence-electron chi connectivity index (χ1n) is 8.82. The Kier molecular flexibility index (Phi) is 6.97. The van der Waals surface area contributed by atoms with Crippen molar-refractivity contribution < 1.29 is 14.3 Å². The number of anilines is 1. The molecule has 2 rings (SSSR count). The summed E-state index contributed by atoms with van der Waals surface area (Å²) in [7, 11) is 1.97. The molecule has 0 spiro atoms. The van der Waals surface area contributed by atoms with E-state index in [1.165, 1.54) is 0 Å². The number of hydrogen-bond donors (Lipinski definition) is 0. The van der Waals surface area contributed by atoms with Crippen molar-refractivity contribution in [3.05, 3.63) is 17.8 Å². The smallest absolute Gasteiger partial charge is 0.409 e. The summed E-state index contributed by atoms with van der Waals surface area (Å²) in [5.74, 6) is 0.607. The number of carbonyl (C=O) groups is 2. The van der Waals surface area contributed by atoms with Crippen molar-refractivity contribution in [3.8, 4) is 0 Å². The summed E-state index contributed by atoms with van der Waals surface area (Å²) in [6.07, 6.45) is 1.88. The lowest BCUT2D eigenvalue weighted by Crippen LogP contribution is -2.50. The first-order valence-corrected chi connectivity index (χ1v) is 8.82. The molecule has 0 atom stereocenters. The van der Waals surface area contributed by atoms with E-state index in [1.54, 1.807) is 22.8 Å². The Morgan fingerprint density at radius 1 is 1.12 bits per heavy atom. The summed E-state index contributed by atoms with van der Waals surface area (Å²) in [5, 5.41) is 8.24. The molecule has 2 amide bonds. The quantitative estimate of drug-likeness (QED) is 0.777. The monoisotopic (exact) mass is 349 g/mol. The van der Waals surface area contributed by atoms with E-state index in [1.807, 2.05) is 18.0 Å². The van der Waals surface area contributed by atoms with Gasteiger partial charge in [-0.15, -0.1) is 10.2 Å². The maximum Gasteiger partial charge on any atom is 0.409 e. The fraction of sp³-hybridized carbons (Fsp3) is 0.647. The molecule has 138 valence electrons. The Morgan fingerprint density at radius 3 is 2.36 bits per heavy atom. The molecule has 1 saturated heterocycles. The summed E-state index contributed by atoms with van der Waals surface area (Å²) < 4.78 is 4.98. The van der Waals surface area contributed by atoms with Gasteiger partial charge in [0.05, 0.1) is 6.61 Å². The fourth-order valence-corrected chi connectivity index (χ4v) is 2.62. The minimum atomic E-state index is -0.325.